The first-order chi connectivity index (χ1) is 20.4. The highest BCUT2D eigenvalue weighted by Crippen LogP contribution is 2.38. The SMILES string of the molecule is COc1cc(C(=O)NCc2nnc(SCC(=O)Nc3nc4ccccc4s3)n2-c2ccc(Br)cc2)cc(OC)c1OC. The molecule has 0 aliphatic carbocycles. The number of hydrogen-bond donors (Lipinski definition) is 2. The van der Waals surface area contributed by atoms with E-state index in [1.807, 2.05) is 48.5 Å². The Kier molecular flexibility index (Phi) is 9.25. The van der Waals surface area contributed by atoms with Gasteiger partial charge in [0.15, 0.2) is 27.6 Å². The minimum absolute atomic E-state index is 0.0665. The molecule has 0 aliphatic heterocycles. The van der Waals surface area contributed by atoms with E-state index in [9.17, 15) is 9.59 Å². The van der Waals surface area contributed by atoms with Crippen LogP contribution in [0.5, 0.6) is 17.2 Å². The second kappa shape index (κ2) is 13.2. The van der Waals surface area contributed by atoms with Crippen molar-refractivity contribution >= 4 is 66.2 Å². The molecule has 0 radical (unpaired) electrons. The lowest BCUT2D eigenvalue weighted by atomic mass is 10.1. The summed E-state index contributed by atoms with van der Waals surface area (Å²) in [7, 11) is 4.46. The number of amides is 2. The highest BCUT2D eigenvalue weighted by atomic mass is 79.9. The number of thioether (sulfide) groups is 1. The van der Waals surface area contributed by atoms with E-state index < -0.39 is 0 Å². The number of benzene rings is 3. The zero-order valence-corrected chi connectivity index (χ0v) is 25.9. The zero-order chi connectivity index (χ0) is 29.6. The molecule has 216 valence electrons. The Morgan fingerprint density at radius 3 is 2.36 bits per heavy atom. The molecule has 11 nitrogen and oxygen atoms in total. The van der Waals surface area contributed by atoms with Gasteiger partial charge in [0.25, 0.3) is 5.91 Å². The van der Waals surface area contributed by atoms with Crippen LogP contribution in [0, 0.1) is 0 Å². The van der Waals surface area contributed by atoms with Gasteiger partial charge in [-0.15, -0.1) is 10.2 Å². The Balaban J connectivity index is 1.33. The number of aromatic nitrogens is 4. The van der Waals surface area contributed by atoms with Crippen molar-refractivity contribution in [1.82, 2.24) is 25.1 Å². The number of fused-ring (bicyclic) bond motifs is 1. The van der Waals surface area contributed by atoms with Gasteiger partial charge in [0.2, 0.25) is 11.7 Å². The topological polar surface area (TPSA) is 129 Å². The van der Waals surface area contributed by atoms with Crippen molar-refractivity contribution in [2.24, 2.45) is 0 Å². The normalized spacial score (nSPS) is 10.9. The fraction of sp³-hybridized carbons (Fsp3) is 0.179. The predicted molar refractivity (Wildman–Crippen MR) is 165 cm³/mol. The summed E-state index contributed by atoms with van der Waals surface area (Å²) in [5.41, 5.74) is 1.92. The molecule has 2 N–H and O–H groups in total. The number of thiazole rings is 1. The van der Waals surface area contributed by atoms with E-state index in [4.69, 9.17) is 14.2 Å². The largest absolute Gasteiger partial charge is 0.493 e. The molecule has 0 aliphatic rings. The van der Waals surface area contributed by atoms with Crippen molar-refractivity contribution < 1.29 is 23.8 Å². The fourth-order valence-electron chi connectivity index (χ4n) is 4.04. The molecule has 2 amide bonds. The van der Waals surface area contributed by atoms with Crippen LogP contribution in [0.15, 0.2) is 70.3 Å². The molecule has 0 saturated carbocycles. The maximum atomic E-state index is 13.1. The third kappa shape index (κ3) is 6.50. The molecule has 0 spiro atoms. The smallest absolute Gasteiger partial charge is 0.251 e. The minimum Gasteiger partial charge on any atom is -0.493 e. The lowest BCUT2D eigenvalue weighted by molar-refractivity contribution is -0.113. The second-order valence-corrected chi connectivity index (χ2v) is 11.5. The third-order valence-electron chi connectivity index (χ3n) is 5.99. The number of para-hydroxylation sites is 1. The molecule has 0 saturated heterocycles. The molecule has 2 heterocycles. The van der Waals surface area contributed by atoms with Crippen molar-refractivity contribution in [3.05, 3.63) is 76.5 Å². The van der Waals surface area contributed by atoms with Gasteiger partial charge in [-0.3, -0.25) is 14.2 Å². The summed E-state index contributed by atoms with van der Waals surface area (Å²) in [5.74, 6) is 1.09. The van der Waals surface area contributed by atoms with Gasteiger partial charge in [-0.25, -0.2) is 4.98 Å². The van der Waals surface area contributed by atoms with E-state index in [1.165, 1.54) is 44.4 Å². The van der Waals surface area contributed by atoms with Crippen LogP contribution in [0.2, 0.25) is 0 Å². The van der Waals surface area contributed by atoms with Crippen LogP contribution in [0.25, 0.3) is 15.9 Å². The van der Waals surface area contributed by atoms with E-state index in [1.54, 1.807) is 16.7 Å². The van der Waals surface area contributed by atoms with E-state index in [2.05, 4.69) is 41.7 Å². The van der Waals surface area contributed by atoms with Gasteiger partial charge in [-0.2, -0.15) is 0 Å². The Morgan fingerprint density at radius 2 is 1.69 bits per heavy atom. The first-order valence-corrected chi connectivity index (χ1v) is 15.1. The van der Waals surface area contributed by atoms with Crippen molar-refractivity contribution in [2.45, 2.75) is 11.7 Å². The van der Waals surface area contributed by atoms with Gasteiger partial charge in [-0.1, -0.05) is 51.2 Å². The molecule has 2 aromatic heterocycles. The molecule has 14 heteroatoms. The number of rotatable bonds is 11. The summed E-state index contributed by atoms with van der Waals surface area (Å²) < 4.78 is 19.8. The first-order valence-electron chi connectivity index (χ1n) is 12.5. The summed E-state index contributed by atoms with van der Waals surface area (Å²) in [4.78, 5) is 30.3. The molecule has 0 bridgehead atoms. The average Bonchev–Trinajstić information content (AvgIpc) is 3.61. The van der Waals surface area contributed by atoms with Crippen LogP contribution in [0.1, 0.15) is 16.2 Å². The van der Waals surface area contributed by atoms with Crippen LogP contribution < -0.4 is 24.8 Å². The highest BCUT2D eigenvalue weighted by Gasteiger charge is 2.20. The Bertz CT molecular complexity index is 1680. The number of ether oxygens (including phenoxy) is 3. The predicted octanol–water partition coefficient (Wildman–Crippen LogP) is 5.33. The first kappa shape index (κ1) is 29.4. The minimum atomic E-state index is -0.371. The number of methoxy groups -OCH3 is 3. The van der Waals surface area contributed by atoms with E-state index in [-0.39, 0.29) is 24.1 Å². The molecule has 5 aromatic rings. The van der Waals surface area contributed by atoms with Gasteiger partial charge in [0.05, 0.1) is 43.8 Å². The summed E-state index contributed by atoms with van der Waals surface area (Å²) in [6, 6.07) is 18.4. The van der Waals surface area contributed by atoms with Crippen LogP contribution in [0.3, 0.4) is 0 Å². The van der Waals surface area contributed by atoms with Crippen molar-refractivity contribution in [2.75, 3.05) is 32.4 Å². The standard InChI is InChI=1S/C28H25BrN6O5S2/c1-38-20-12-16(13-21(39-2)25(20)40-3)26(37)30-14-23-33-34-28(35(23)18-10-8-17(29)9-11-18)41-15-24(36)32-27-31-19-6-4-5-7-22(19)42-27/h4-13H,14-15H2,1-3H3,(H,30,37)(H,31,32,36). The summed E-state index contributed by atoms with van der Waals surface area (Å²) >= 11 is 6.10. The Morgan fingerprint density at radius 1 is 0.976 bits per heavy atom. The number of anilines is 1. The molecule has 3 aromatic carbocycles. The maximum Gasteiger partial charge on any atom is 0.251 e. The molecule has 42 heavy (non-hydrogen) atoms. The molecular formula is C28H25BrN6O5S2. The van der Waals surface area contributed by atoms with Crippen LogP contribution in [0.4, 0.5) is 5.13 Å². The lowest BCUT2D eigenvalue weighted by Gasteiger charge is -2.14. The molecule has 0 unspecified atom stereocenters. The molecule has 0 fully saturated rings. The van der Waals surface area contributed by atoms with Crippen LogP contribution >= 0.6 is 39.0 Å². The molecular weight excluding hydrogens is 644 g/mol. The molecule has 0 atom stereocenters. The van der Waals surface area contributed by atoms with E-state index >= 15 is 0 Å². The Hall–Kier alpha value is -4.14. The van der Waals surface area contributed by atoms with Gasteiger partial charge >= 0.3 is 0 Å². The second-order valence-electron chi connectivity index (χ2n) is 8.63. The number of nitrogens with zero attached hydrogens (tertiary/aromatic N) is 4. The third-order valence-corrected chi connectivity index (χ3v) is 8.40. The van der Waals surface area contributed by atoms with E-state index in [0.29, 0.717) is 38.9 Å². The monoisotopic (exact) mass is 668 g/mol. The Labute approximate surface area is 257 Å². The molecule has 5 rings (SSSR count). The van der Waals surface area contributed by atoms with Crippen molar-refractivity contribution in [3.63, 3.8) is 0 Å². The number of nitrogens with one attached hydrogen (secondary N) is 2. The van der Waals surface area contributed by atoms with Crippen LogP contribution in [-0.4, -0.2) is 58.6 Å². The van der Waals surface area contributed by atoms with Crippen molar-refractivity contribution in [3.8, 4) is 22.9 Å². The average molecular weight is 670 g/mol. The zero-order valence-electron chi connectivity index (χ0n) is 22.7. The highest BCUT2D eigenvalue weighted by molar-refractivity contribution is 9.10. The summed E-state index contributed by atoms with van der Waals surface area (Å²) in [5, 5.41) is 15.4. The number of carbonyl (C=O) groups is 2. The van der Waals surface area contributed by atoms with Gasteiger partial charge in [-0.05, 0) is 48.5 Å². The summed E-state index contributed by atoms with van der Waals surface area (Å²) in [6.45, 7) is 0.0665. The maximum absolute atomic E-state index is 13.1. The number of halogens is 1. The fourth-order valence-corrected chi connectivity index (χ4v) is 5.96. The quantitative estimate of drug-likeness (QED) is 0.180. The van der Waals surface area contributed by atoms with Gasteiger partial charge in [0, 0.05) is 15.7 Å². The van der Waals surface area contributed by atoms with Gasteiger partial charge in [0.1, 0.15) is 0 Å². The number of carbonyl (C=O) groups excluding carboxylic acids is 2. The van der Waals surface area contributed by atoms with Crippen LogP contribution in [-0.2, 0) is 11.3 Å². The van der Waals surface area contributed by atoms with E-state index in [0.717, 1.165) is 20.4 Å². The number of hydrogen-bond acceptors (Lipinski definition) is 10. The van der Waals surface area contributed by atoms with Gasteiger partial charge < -0.3 is 24.8 Å². The summed E-state index contributed by atoms with van der Waals surface area (Å²) in [6.07, 6.45) is 0. The lowest BCUT2D eigenvalue weighted by Crippen LogP contribution is -2.25. The van der Waals surface area contributed by atoms with Crippen molar-refractivity contribution in [1.29, 1.82) is 0 Å².